The van der Waals surface area contributed by atoms with Gasteiger partial charge in [0.2, 0.25) is 0 Å². The molecule has 0 aliphatic carbocycles. The van der Waals surface area contributed by atoms with Gasteiger partial charge in [0, 0.05) is 22.5 Å². The molecular formula is C16H20ClNO2S. The third-order valence-electron chi connectivity index (χ3n) is 3.42. The summed E-state index contributed by atoms with van der Waals surface area (Å²) in [6, 6.07) is 10.2. The maximum Gasteiger partial charge on any atom is 0.123 e. The molecule has 0 bridgehead atoms. The monoisotopic (exact) mass is 325 g/mol. The van der Waals surface area contributed by atoms with Crippen molar-refractivity contribution < 1.29 is 9.47 Å². The Labute approximate surface area is 134 Å². The number of benzene rings is 1. The highest BCUT2D eigenvalue weighted by atomic mass is 35.5. The van der Waals surface area contributed by atoms with Crippen molar-refractivity contribution in [2.75, 3.05) is 14.2 Å². The van der Waals surface area contributed by atoms with Crippen molar-refractivity contribution in [2.24, 2.45) is 0 Å². The average molecular weight is 326 g/mol. The van der Waals surface area contributed by atoms with Gasteiger partial charge in [-0.15, -0.1) is 11.3 Å². The van der Waals surface area contributed by atoms with Gasteiger partial charge < -0.3 is 14.8 Å². The number of hydrogen-bond donors (Lipinski definition) is 1. The van der Waals surface area contributed by atoms with Gasteiger partial charge in [0.05, 0.1) is 18.6 Å². The molecule has 0 aliphatic rings. The second kappa shape index (κ2) is 7.16. The summed E-state index contributed by atoms with van der Waals surface area (Å²) >= 11 is 7.60. The van der Waals surface area contributed by atoms with E-state index in [-0.39, 0.29) is 12.1 Å². The van der Waals surface area contributed by atoms with Crippen LogP contribution in [0.1, 0.15) is 36.4 Å². The van der Waals surface area contributed by atoms with Crippen molar-refractivity contribution >= 4 is 22.9 Å². The molecule has 21 heavy (non-hydrogen) atoms. The van der Waals surface area contributed by atoms with E-state index in [1.807, 2.05) is 24.3 Å². The molecule has 0 saturated heterocycles. The molecule has 0 amide bonds. The molecule has 0 spiro atoms. The van der Waals surface area contributed by atoms with Crippen LogP contribution in [-0.2, 0) is 0 Å². The number of methoxy groups -OCH3 is 2. The molecule has 1 N–H and O–H groups in total. The first kappa shape index (κ1) is 16.1. The van der Waals surface area contributed by atoms with E-state index < -0.39 is 0 Å². The van der Waals surface area contributed by atoms with E-state index in [9.17, 15) is 0 Å². The highest BCUT2D eigenvalue weighted by Gasteiger charge is 2.16. The third-order valence-corrected chi connectivity index (χ3v) is 4.84. The van der Waals surface area contributed by atoms with Gasteiger partial charge in [0.1, 0.15) is 11.5 Å². The van der Waals surface area contributed by atoms with E-state index in [1.165, 1.54) is 4.88 Å². The zero-order valence-electron chi connectivity index (χ0n) is 12.6. The minimum absolute atomic E-state index is 0.130. The van der Waals surface area contributed by atoms with Gasteiger partial charge in [-0.25, -0.2) is 0 Å². The number of rotatable bonds is 6. The Morgan fingerprint density at radius 3 is 2.38 bits per heavy atom. The standard InChI is InChI=1S/C16H20ClNO2S/c1-10(18-11(2)15-7-8-16(17)21-15)13-9-12(19-3)5-6-14(13)20-4/h5-11,18H,1-4H3. The second-order valence-corrected chi connectivity index (χ2v) is 6.61. The topological polar surface area (TPSA) is 30.5 Å². The summed E-state index contributed by atoms with van der Waals surface area (Å²) in [5.41, 5.74) is 1.08. The van der Waals surface area contributed by atoms with Crippen LogP contribution in [0.5, 0.6) is 11.5 Å². The predicted octanol–water partition coefficient (Wildman–Crippen LogP) is 4.83. The molecule has 5 heteroatoms. The molecule has 0 fully saturated rings. The Morgan fingerprint density at radius 1 is 1.05 bits per heavy atom. The van der Waals surface area contributed by atoms with E-state index in [2.05, 4.69) is 25.2 Å². The summed E-state index contributed by atoms with van der Waals surface area (Å²) < 4.78 is 11.6. The molecule has 2 aromatic rings. The Hall–Kier alpha value is -1.23. The summed E-state index contributed by atoms with van der Waals surface area (Å²) in [5, 5.41) is 3.57. The van der Waals surface area contributed by atoms with Crippen molar-refractivity contribution in [2.45, 2.75) is 25.9 Å². The van der Waals surface area contributed by atoms with E-state index in [4.69, 9.17) is 21.1 Å². The van der Waals surface area contributed by atoms with Crippen molar-refractivity contribution in [1.29, 1.82) is 0 Å². The van der Waals surface area contributed by atoms with E-state index in [0.717, 1.165) is 21.4 Å². The molecule has 2 atom stereocenters. The van der Waals surface area contributed by atoms with Gasteiger partial charge in [0.25, 0.3) is 0 Å². The van der Waals surface area contributed by atoms with Gasteiger partial charge in [-0.3, -0.25) is 0 Å². The first-order valence-corrected chi connectivity index (χ1v) is 7.97. The summed E-state index contributed by atoms with van der Waals surface area (Å²) in [5.74, 6) is 1.68. The van der Waals surface area contributed by atoms with Gasteiger partial charge in [-0.2, -0.15) is 0 Å². The fraction of sp³-hybridized carbons (Fsp3) is 0.375. The molecule has 0 radical (unpaired) electrons. The van der Waals surface area contributed by atoms with Crippen LogP contribution < -0.4 is 14.8 Å². The minimum atomic E-state index is 0.130. The molecular weight excluding hydrogens is 306 g/mol. The van der Waals surface area contributed by atoms with Gasteiger partial charge in [-0.1, -0.05) is 11.6 Å². The zero-order valence-corrected chi connectivity index (χ0v) is 14.2. The molecule has 114 valence electrons. The van der Waals surface area contributed by atoms with Crippen LogP contribution in [-0.4, -0.2) is 14.2 Å². The predicted molar refractivity (Wildman–Crippen MR) is 88.8 cm³/mol. The second-order valence-electron chi connectivity index (χ2n) is 4.86. The fourth-order valence-corrected chi connectivity index (χ4v) is 3.36. The van der Waals surface area contributed by atoms with Crippen molar-refractivity contribution in [3.8, 4) is 11.5 Å². The smallest absolute Gasteiger partial charge is 0.123 e. The van der Waals surface area contributed by atoms with Crippen LogP contribution in [0.3, 0.4) is 0 Å². The Balaban J connectivity index is 2.17. The van der Waals surface area contributed by atoms with Gasteiger partial charge in [0.15, 0.2) is 0 Å². The van der Waals surface area contributed by atoms with Crippen LogP contribution in [0, 0.1) is 0 Å². The Kier molecular flexibility index (Phi) is 5.51. The molecule has 1 aromatic carbocycles. The average Bonchev–Trinajstić information content (AvgIpc) is 2.93. The summed E-state index contributed by atoms with van der Waals surface area (Å²) in [6.45, 7) is 4.24. The SMILES string of the molecule is COc1ccc(OC)c(C(C)NC(C)c2ccc(Cl)s2)c1. The highest BCUT2D eigenvalue weighted by molar-refractivity contribution is 7.16. The fourth-order valence-electron chi connectivity index (χ4n) is 2.29. The number of ether oxygens (including phenoxy) is 2. The van der Waals surface area contributed by atoms with E-state index in [1.54, 1.807) is 25.6 Å². The first-order valence-electron chi connectivity index (χ1n) is 6.78. The zero-order chi connectivity index (χ0) is 15.4. The molecule has 0 aliphatic heterocycles. The van der Waals surface area contributed by atoms with Crippen LogP contribution in [0.25, 0.3) is 0 Å². The largest absolute Gasteiger partial charge is 0.497 e. The van der Waals surface area contributed by atoms with Crippen LogP contribution in [0.15, 0.2) is 30.3 Å². The lowest BCUT2D eigenvalue weighted by Crippen LogP contribution is -2.22. The lowest BCUT2D eigenvalue weighted by Gasteiger charge is -2.22. The van der Waals surface area contributed by atoms with Crippen molar-refractivity contribution in [3.05, 3.63) is 45.1 Å². The Bertz CT molecular complexity index is 600. The summed E-state index contributed by atoms with van der Waals surface area (Å²) in [4.78, 5) is 1.22. The molecule has 2 unspecified atom stereocenters. The number of nitrogens with one attached hydrogen (secondary N) is 1. The van der Waals surface area contributed by atoms with Crippen LogP contribution >= 0.6 is 22.9 Å². The normalized spacial score (nSPS) is 13.8. The molecule has 2 rings (SSSR count). The third kappa shape index (κ3) is 3.90. The maximum atomic E-state index is 6.00. The quantitative estimate of drug-likeness (QED) is 0.825. The minimum Gasteiger partial charge on any atom is -0.497 e. The van der Waals surface area contributed by atoms with Crippen molar-refractivity contribution in [1.82, 2.24) is 5.32 Å². The van der Waals surface area contributed by atoms with Crippen LogP contribution in [0.4, 0.5) is 0 Å². The molecule has 1 aromatic heterocycles. The lowest BCUT2D eigenvalue weighted by atomic mass is 10.1. The Morgan fingerprint density at radius 2 is 1.81 bits per heavy atom. The molecule has 0 saturated carbocycles. The lowest BCUT2D eigenvalue weighted by molar-refractivity contribution is 0.388. The number of thiophene rings is 1. The van der Waals surface area contributed by atoms with Gasteiger partial charge in [-0.05, 0) is 44.2 Å². The summed E-state index contributed by atoms with van der Waals surface area (Å²) in [7, 11) is 3.35. The van der Waals surface area contributed by atoms with Gasteiger partial charge >= 0.3 is 0 Å². The van der Waals surface area contributed by atoms with Crippen molar-refractivity contribution in [3.63, 3.8) is 0 Å². The van der Waals surface area contributed by atoms with E-state index >= 15 is 0 Å². The molecule has 1 heterocycles. The first-order chi connectivity index (χ1) is 10.0. The molecule has 3 nitrogen and oxygen atoms in total. The van der Waals surface area contributed by atoms with Crippen LogP contribution in [0.2, 0.25) is 4.34 Å². The number of hydrogen-bond acceptors (Lipinski definition) is 4. The summed E-state index contributed by atoms with van der Waals surface area (Å²) in [6.07, 6.45) is 0. The number of halogens is 1. The highest BCUT2D eigenvalue weighted by Crippen LogP contribution is 2.32. The van der Waals surface area contributed by atoms with E-state index in [0.29, 0.717) is 0 Å². The maximum absolute atomic E-state index is 6.00.